The van der Waals surface area contributed by atoms with Gasteiger partial charge in [-0.3, -0.25) is 5.10 Å². The third-order valence-electron chi connectivity index (χ3n) is 7.34. The molecule has 6 atom stereocenters. The molecule has 1 aliphatic heterocycles. The number of aromatic amines is 1. The molecular weight excluding hydrogens is 520 g/mol. The first kappa shape index (κ1) is 32.2. The molecule has 0 saturated carbocycles. The van der Waals surface area contributed by atoms with Gasteiger partial charge < -0.3 is 50.8 Å². The minimum absolute atomic E-state index is 0.102. The summed E-state index contributed by atoms with van der Waals surface area (Å²) in [7, 11) is 0. The summed E-state index contributed by atoms with van der Waals surface area (Å²) < 4.78 is 17.3. The lowest BCUT2D eigenvalue weighted by atomic mass is 9.91. The molecule has 1 fully saturated rings. The number of H-pyrrole nitrogens is 1. The van der Waals surface area contributed by atoms with Crippen molar-refractivity contribution >= 4 is 0 Å². The van der Waals surface area contributed by atoms with Gasteiger partial charge in [0.15, 0.2) is 0 Å². The average molecular weight is 567 g/mol. The standard InChI is InChI=1S/C28H46N4O8/c1-15(2)21-19(25(32-31-21)40-26-24(36)23(35)22(34)20(13-33)39-26)12-17-7-8-18(11-16(17)3)38-10-6-9-30-14-28(4,5)27(29)37/h7-8,11,15,20,22-24,26-27,30,33-37H,6,9-10,12-14,29H2,1-5H3,(H,31,32)/t20?,22-,23-,24?,26+,27?/m1/s1. The summed E-state index contributed by atoms with van der Waals surface area (Å²) in [5, 5.41) is 60.3. The zero-order valence-corrected chi connectivity index (χ0v) is 24.0. The fraction of sp³-hybridized carbons (Fsp3) is 0.679. The summed E-state index contributed by atoms with van der Waals surface area (Å²) in [6.07, 6.45) is -6.55. The lowest BCUT2D eigenvalue weighted by Gasteiger charge is -2.39. The molecule has 2 aromatic rings. The first-order valence-corrected chi connectivity index (χ1v) is 13.8. The van der Waals surface area contributed by atoms with Crippen LogP contribution in [0.5, 0.6) is 11.6 Å². The number of hydrogen-bond donors (Lipinski definition) is 8. The van der Waals surface area contributed by atoms with Crippen molar-refractivity contribution in [2.75, 3.05) is 26.3 Å². The van der Waals surface area contributed by atoms with Gasteiger partial charge in [0.25, 0.3) is 0 Å². The second-order valence-corrected chi connectivity index (χ2v) is 11.5. The second kappa shape index (κ2) is 14.1. The normalized spacial score (nSPS) is 24.4. The maximum atomic E-state index is 10.4. The lowest BCUT2D eigenvalue weighted by molar-refractivity contribution is -0.278. The van der Waals surface area contributed by atoms with Crippen molar-refractivity contribution < 1.29 is 39.7 Å². The van der Waals surface area contributed by atoms with E-state index in [0.29, 0.717) is 19.6 Å². The van der Waals surface area contributed by atoms with E-state index in [1.807, 2.05) is 52.8 Å². The Hall–Kier alpha value is -2.29. The van der Waals surface area contributed by atoms with E-state index in [2.05, 4.69) is 15.5 Å². The smallest absolute Gasteiger partial charge is 0.238 e. The van der Waals surface area contributed by atoms with Gasteiger partial charge in [-0.2, -0.15) is 0 Å². The molecule has 12 nitrogen and oxygen atoms in total. The Morgan fingerprint density at radius 3 is 2.52 bits per heavy atom. The fourth-order valence-corrected chi connectivity index (χ4v) is 4.43. The highest BCUT2D eigenvalue weighted by molar-refractivity contribution is 5.42. The summed E-state index contributed by atoms with van der Waals surface area (Å²) in [5.74, 6) is 1.07. The molecule has 2 heterocycles. The first-order chi connectivity index (χ1) is 18.9. The van der Waals surface area contributed by atoms with E-state index in [9.17, 15) is 25.5 Å². The molecule has 226 valence electrons. The number of aliphatic hydroxyl groups excluding tert-OH is 5. The van der Waals surface area contributed by atoms with Crippen LogP contribution in [0.4, 0.5) is 0 Å². The summed E-state index contributed by atoms with van der Waals surface area (Å²) in [6.45, 7) is 11.2. The van der Waals surface area contributed by atoms with Crippen molar-refractivity contribution in [2.24, 2.45) is 11.1 Å². The van der Waals surface area contributed by atoms with Gasteiger partial charge in [0.05, 0.1) is 13.2 Å². The summed E-state index contributed by atoms with van der Waals surface area (Å²) >= 11 is 0. The number of aromatic nitrogens is 2. The van der Waals surface area contributed by atoms with E-state index in [1.54, 1.807) is 0 Å². The molecule has 40 heavy (non-hydrogen) atoms. The molecule has 0 spiro atoms. The largest absolute Gasteiger partial charge is 0.494 e. The predicted octanol–water partition coefficient (Wildman–Crippen LogP) is 0.273. The minimum atomic E-state index is -1.54. The van der Waals surface area contributed by atoms with E-state index in [-0.39, 0.29) is 11.8 Å². The third-order valence-corrected chi connectivity index (χ3v) is 7.34. The van der Waals surface area contributed by atoms with Crippen LogP contribution in [0.1, 0.15) is 62.4 Å². The maximum Gasteiger partial charge on any atom is 0.238 e. The van der Waals surface area contributed by atoms with E-state index in [0.717, 1.165) is 41.1 Å². The average Bonchev–Trinajstić information content (AvgIpc) is 3.30. The van der Waals surface area contributed by atoms with Crippen LogP contribution >= 0.6 is 0 Å². The molecule has 9 N–H and O–H groups in total. The Labute approximate surface area is 235 Å². The number of ether oxygens (including phenoxy) is 3. The fourth-order valence-electron chi connectivity index (χ4n) is 4.43. The topological polar surface area (TPSA) is 196 Å². The highest BCUT2D eigenvalue weighted by Gasteiger charge is 2.45. The number of nitrogens with zero attached hydrogens (tertiary/aromatic N) is 1. The zero-order chi connectivity index (χ0) is 29.6. The molecule has 1 aromatic heterocycles. The number of nitrogens with two attached hydrogens (primary N) is 1. The number of rotatable bonds is 14. The first-order valence-electron chi connectivity index (χ1n) is 13.8. The van der Waals surface area contributed by atoms with Crippen LogP contribution < -0.4 is 20.5 Å². The Bertz CT molecular complexity index is 1070. The van der Waals surface area contributed by atoms with Crippen molar-refractivity contribution in [2.45, 2.75) is 90.3 Å². The van der Waals surface area contributed by atoms with E-state index < -0.39 is 49.0 Å². The van der Waals surface area contributed by atoms with Gasteiger partial charge in [-0.15, -0.1) is 5.10 Å². The molecule has 1 aliphatic rings. The Balaban J connectivity index is 1.64. The van der Waals surface area contributed by atoms with Crippen molar-refractivity contribution in [3.05, 3.63) is 40.6 Å². The monoisotopic (exact) mass is 566 g/mol. The van der Waals surface area contributed by atoms with Crippen LogP contribution in [0.25, 0.3) is 0 Å². The molecule has 1 aromatic carbocycles. The van der Waals surface area contributed by atoms with Crippen LogP contribution in [0, 0.1) is 12.3 Å². The number of aryl methyl sites for hydroxylation is 1. The van der Waals surface area contributed by atoms with Gasteiger partial charge in [-0.05, 0) is 49.1 Å². The number of nitrogens with one attached hydrogen (secondary N) is 2. The van der Waals surface area contributed by atoms with Gasteiger partial charge in [0.1, 0.15) is 36.4 Å². The van der Waals surface area contributed by atoms with Crippen molar-refractivity contribution in [3.63, 3.8) is 0 Å². The number of aliphatic hydroxyl groups is 5. The lowest BCUT2D eigenvalue weighted by Crippen LogP contribution is -2.60. The number of benzene rings is 1. The maximum absolute atomic E-state index is 10.4. The van der Waals surface area contributed by atoms with Crippen molar-refractivity contribution in [1.82, 2.24) is 15.5 Å². The van der Waals surface area contributed by atoms with Gasteiger partial charge in [-0.1, -0.05) is 33.8 Å². The van der Waals surface area contributed by atoms with E-state index >= 15 is 0 Å². The molecule has 3 unspecified atom stereocenters. The van der Waals surface area contributed by atoms with Gasteiger partial charge >= 0.3 is 0 Å². The minimum Gasteiger partial charge on any atom is -0.494 e. The molecular formula is C28H46N4O8. The van der Waals surface area contributed by atoms with Crippen LogP contribution in [-0.2, 0) is 11.2 Å². The summed E-state index contributed by atoms with van der Waals surface area (Å²) in [5.41, 5.74) is 8.87. The van der Waals surface area contributed by atoms with Crippen LogP contribution in [0.15, 0.2) is 18.2 Å². The number of hydrogen-bond acceptors (Lipinski definition) is 11. The van der Waals surface area contributed by atoms with Crippen molar-refractivity contribution in [1.29, 1.82) is 0 Å². The SMILES string of the molecule is Cc1cc(OCCCNCC(C)(C)C(N)O)ccc1Cc1c(O[C@@H]2OC(CO)[C@@H](O)[C@@H](O)C2O)n[nH]c1C(C)C. The molecule has 3 rings (SSSR count). The highest BCUT2D eigenvalue weighted by atomic mass is 16.7. The van der Waals surface area contributed by atoms with Crippen LogP contribution in [-0.4, -0.2) is 99.0 Å². The van der Waals surface area contributed by atoms with Crippen molar-refractivity contribution in [3.8, 4) is 11.6 Å². The van der Waals surface area contributed by atoms with Gasteiger partial charge in [0.2, 0.25) is 12.2 Å². The molecule has 12 heteroatoms. The third kappa shape index (κ3) is 7.92. The van der Waals surface area contributed by atoms with Gasteiger partial charge in [0, 0.05) is 29.6 Å². The van der Waals surface area contributed by atoms with E-state index in [1.165, 1.54) is 0 Å². The quantitative estimate of drug-likeness (QED) is 0.115. The van der Waals surface area contributed by atoms with E-state index in [4.69, 9.17) is 19.9 Å². The Kier molecular flexibility index (Phi) is 11.3. The Morgan fingerprint density at radius 2 is 1.90 bits per heavy atom. The second-order valence-electron chi connectivity index (χ2n) is 11.5. The predicted molar refractivity (Wildman–Crippen MR) is 148 cm³/mol. The molecule has 0 amide bonds. The molecule has 0 aliphatic carbocycles. The molecule has 0 radical (unpaired) electrons. The van der Waals surface area contributed by atoms with Gasteiger partial charge in [-0.25, -0.2) is 0 Å². The summed E-state index contributed by atoms with van der Waals surface area (Å²) in [6, 6.07) is 5.88. The summed E-state index contributed by atoms with van der Waals surface area (Å²) in [4.78, 5) is 0. The van der Waals surface area contributed by atoms with Crippen LogP contribution in [0.3, 0.4) is 0 Å². The van der Waals surface area contributed by atoms with Crippen LogP contribution in [0.2, 0.25) is 0 Å². The zero-order valence-electron chi connectivity index (χ0n) is 24.0. The Morgan fingerprint density at radius 1 is 1.18 bits per heavy atom. The molecule has 1 saturated heterocycles. The molecule has 0 bridgehead atoms. The highest BCUT2D eigenvalue weighted by Crippen LogP contribution is 2.32.